The molecule has 1 heterocycles. The van der Waals surface area contributed by atoms with Crippen LogP contribution in [-0.2, 0) is 6.54 Å². The van der Waals surface area contributed by atoms with Crippen LogP contribution in [0.5, 0.6) is 0 Å². The molecule has 0 saturated carbocycles. The van der Waals surface area contributed by atoms with Crippen LogP contribution in [0, 0.1) is 13.8 Å². The predicted molar refractivity (Wildman–Crippen MR) is 92.9 cm³/mol. The van der Waals surface area contributed by atoms with Crippen LogP contribution in [0.4, 0.5) is 5.69 Å². The number of hydrogen-bond acceptors (Lipinski definition) is 2. The van der Waals surface area contributed by atoms with Crippen LogP contribution < -0.4 is 5.32 Å². The Hall–Kier alpha value is -1.10. The number of hydrogen-bond donors (Lipinski definition) is 1. The molecular formula is C15H17ClN2S2. The summed E-state index contributed by atoms with van der Waals surface area (Å²) in [7, 11) is 1.99. The van der Waals surface area contributed by atoms with Gasteiger partial charge in [-0.3, -0.25) is 0 Å². The standard InChI is InChI=1S/C15H17ClN2S2/c1-10-4-5-12(8-13(10)16)17-15(19)18(3)9-14-11(2)6-7-20-14/h4-8H,9H2,1-3H3,(H,17,19). The lowest BCUT2D eigenvalue weighted by Gasteiger charge is -2.21. The normalized spacial score (nSPS) is 10.4. The molecule has 0 aliphatic rings. The van der Waals surface area contributed by atoms with E-state index in [0.717, 1.165) is 22.8 Å². The molecule has 0 aliphatic carbocycles. The number of nitrogens with zero attached hydrogens (tertiary/aromatic N) is 1. The molecule has 0 unspecified atom stereocenters. The van der Waals surface area contributed by atoms with Crippen molar-refractivity contribution < 1.29 is 0 Å². The van der Waals surface area contributed by atoms with Crippen LogP contribution in [-0.4, -0.2) is 17.1 Å². The van der Waals surface area contributed by atoms with Crippen molar-refractivity contribution in [2.75, 3.05) is 12.4 Å². The van der Waals surface area contributed by atoms with Gasteiger partial charge in [0.2, 0.25) is 0 Å². The van der Waals surface area contributed by atoms with Gasteiger partial charge >= 0.3 is 0 Å². The number of nitrogens with one attached hydrogen (secondary N) is 1. The second-order valence-electron chi connectivity index (χ2n) is 4.78. The molecule has 0 bridgehead atoms. The van der Waals surface area contributed by atoms with Gasteiger partial charge in [0.1, 0.15) is 0 Å². The molecule has 5 heteroatoms. The van der Waals surface area contributed by atoms with E-state index in [-0.39, 0.29) is 0 Å². The minimum atomic E-state index is 0.692. The van der Waals surface area contributed by atoms with E-state index < -0.39 is 0 Å². The average Bonchev–Trinajstić information content (AvgIpc) is 2.79. The first-order chi connectivity index (χ1) is 9.47. The van der Waals surface area contributed by atoms with Gasteiger partial charge in [-0.1, -0.05) is 17.7 Å². The third kappa shape index (κ3) is 3.72. The summed E-state index contributed by atoms with van der Waals surface area (Å²) in [6.45, 7) is 4.92. The van der Waals surface area contributed by atoms with Gasteiger partial charge in [0, 0.05) is 22.6 Å². The highest BCUT2D eigenvalue weighted by molar-refractivity contribution is 7.80. The molecule has 20 heavy (non-hydrogen) atoms. The zero-order chi connectivity index (χ0) is 14.7. The number of halogens is 1. The van der Waals surface area contributed by atoms with Gasteiger partial charge in [-0.25, -0.2) is 0 Å². The van der Waals surface area contributed by atoms with Crippen LogP contribution in [0.1, 0.15) is 16.0 Å². The zero-order valence-electron chi connectivity index (χ0n) is 11.7. The maximum atomic E-state index is 6.12. The summed E-state index contributed by atoms with van der Waals surface area (Å²) in [5.41, 5.74) is 3.29. The van der Waals surface area contributed by atoms with Crippen LogP contribution in [0.25, 0.3) is 0 Å². The van der Waals surface area contributed by atoms with Gasteiger partial charge in [0.05, 0.1) is 6.54 Å². The monoisotopic (exact) mass is 324 g/mol. The molecule has 0 amide bonds. The average molecular weight is 325 g/mol. The van der Waals surface area contributed by atoms with Gasteiger partial charge in [-0.05, 0) is 60.8 Å². The Morgan fingerprint density at radius 2 is 2.05 bits per heavy atom. The predicted octanol–water partition coefficient (Wildman–Crippen LogP) is 4.85. The van der Waals surface area contributed by atoms with Crippen molar-refractivity contribution in [1.29, 1.82) is 0 Å². The highest BCUT2D eigenvalue weighted by Gasteiger charge is 2.09. The van der Waals surface area contributed by atoms with Crippen LogP contribution in [0.3, 0.4) is 0 Å². The Labute approximate surface area is 134 Å². The summed E-state index contributed by atoms with van der Waals surface area (Å²) in [5.74, 6) is 0. The molecule has 0 aliphatic heterocycles. The Morgan fingerprint density at radius 1 is 1.30 bits per heavy atom. The Balaban J connectivity index is 2.00. The Morgan fingerprint density at radius 3 is 2.65 bits per heavy atom. The number of thiophene rings is 1. The highest BCUT2D eigenvalue weighted by atomic mass is 35.5. The van der Waals surface area contributed by atoms with Gasteiger partial charge in [0.25, 0.3) is 0 Å². The molecule has 0 saturated heterocycles. The molecule has 0 radical (unpaired) electrons. The van der Waals surface area contributed by atoms with E-state index in [9.17, 15) is 0 Å². The molecule has 0 fully saturated rings. The van der Waals surface area contributed by atoms with Crippen LogP contribution >= 0.6 is 35.2 Å². The lowest BCUT2D eigenvalue weighted by Crippen LogP contribution is -2.30. The van der Waals surface area contributed by atoms with E-state index in [1.54, 1.807) is 11.3 Å². The van der Waals surface area contributed by atoms with E-state index in [4.69, 9.17) is 23.8 Å². The van der Waals surface area contributed by atoms with Gasteiger partial charge in [0.15, 0.2) is 5.11 Å². The van der Waals surface area contributed by atoms with Crippen LogP contribution in [0.15, 0.2) is 29.6 Å². The SMILES string of the molecule is Cc1ccc(NC(=S)N(C)Cc2sccc2C)cc1Cl. The first-order valence-electron chi connectivity index (χ1n) is 6.28. The Bertz CT molecular complexity index is 622. The molecule has 106 valence electrons. The summed E-state index contributed by atoms with van der Waals surface area (Å²) in [6, 6.07) is 7.99. The van der Waals surface area contributed by atoms with Gasteiger partial charge < -0.3 is 10.2 Å². The lowest BCUT2D eigenvalue weighted by atomic mass is 10.2. The third-order valence-corrected chi connectivity index (χ3v) is 4.95. The molecule has 2 rings (SSSR count). The third-order valence-electron chi connectivity index (χ3n) is 3.12. The van der Waals surface area contributed by atoms with Crippen molar-refractivity contribution in [2.45, 2.75) is 20.4 Å². The van der Waals surface area contributed by atoms with Gasteiger partial charge in [-0.2, -0.15) is 0 Å². The zero-order valence-corrected chi connectivity index (χ0v) is 14.1. The maximum Gasteiger partial charge on any atom is 0.173 e. The van der Waals surface area contributed by atoms with E-state index in [1.807, 2.05) is 37.1 Å². The summed E-state index contributed by atoms with van der Waals surface area (Å²) in [4.78, 5) is 3.36. The smallest absolute Gasteiger partial charge is 0.173 e. The van der Waals surface area contributed by atoms with Crippen molar-refractivity contribution >= 4 is 46.0 Å². The molecule has 0 spiro atoms. The number of benzene rings is 1. The maximum absolute atomic E-state index is 6.12. The minimum Gasteiger partial charge on any atom is -0.347 e. The van der Waals surface area contributed by atoms with E-state index in [0.29, 0.717) is 5.11 Å². The molecule has 1 N–H and O–H groups in total. The van der Waals surface area contributed by atoms with Crippen molar-refractivity contribution in [1.82, 2.24) is 4.90 Å². The summed E-state index contributed by atoms with van der Waals surface area (Å²) >= 11 is 13.3. The first kappa shape index (κ1) is 15.3. The number of aryl methyl sites for hydroxylation is 2. The quantitative estimate of drug-likeness (QED) is 0.813. The Kier molecular flexibility index (Phi) is 5.02. The first-order valence-corrected chi connectivity index (χ1v) is 7.95. The second-order valence-corrected chi connectivity index (χ2v) is 6.57. The highest BCUT2D eigenvalue weighted by Crippen LogP contribution is 2.21. The number of thiocarbonyl (C=S) groups is 1. The van der Waals surface area contributed by atoms with Crippen molar-refractivity contribution in [3.05, 3.63) is 50.7 Å². The molecule has 2 nitrogen and oxygen atoms in total. The fourth-order valence-corrected chi connectivity index (χ4v) is 3.06. The van der Waals surface area contributed by atoms with E-state index in [1.165, 1.54) is 10.4 Å². The van der Waals surface area contributed by atoms with Crippen molar-refractivity contribution in [2.24, 2.45) is 0 Å². The molecular weight excluding hydrogens is 308 g/mol. The van der Waals surface area contributed by atoms with Crippen molar-refractivity contribution in [3.8, 4) is 0 Å². The van der Waals surface area contributed by atoms with Gasteiger partial charge in [-0.15, -0.1) is 11.3 Å². The fraction of sp³-hybridized carbons (Fsp3) is 0.267. The molecule has 2 aromatic rings. The molecule has 1 aromatic carbocycles. The topological polar surface area (TPSA) is 15.3 Å². The largest absolute Gasteiger partial charge is 0.347 e. The van der Waals surface area contributed by atoms with Crippen LogP contribution in [0.2, 0.25) is 5.02 Å². The van der Waals surface area contributed by atoms with E-state index in [2.05, 4.69) is 23.7 Å². The number of rotatable bonds is 3. The summed E-state index contributed by atoms with van der Waals surface area (Å²) in [5, 5.41) is 6.76. The second kappa shape index (κ2) is 6.57. The molecule has 1 aromatic heterocycles. The lowest BCUT2D eigenvalue weighted by molar-refractivity contribution is 0.512. The number of anilines is 1. The summed E-state index contributed by atoms with van der Waals surface area (Å²) < 4.78 is 0. The molecule has 0 atom stereocenters. The summed E-state index contributed by atoms with van der Waals surface area (Å²) in [6.07, 6.45) is 0. The van der Waals surface area contributed by atoms with E-state index >= 15 is 0 Å². The fourth-order valence-electron chi connectivity index (χ4n) is 1.74. The van der Waals surface area contributed by atoms with Crippen molar-refractivity contribution in [3.63, 3.8) is 0 Å². The minimum absolute atomic E-state index is 0.692.